The van der Waals surface area contributed by atoms with E-state index in [2.05, 4.69) is 26.6 Å². The lowest BCUT2D eigenvalue weighted by molar-refractivity contribution is -0.181. The van der Waals surface area contributed by atoms with Crippen molar-refractivity contribution in [2.75, 3.05) is 123 Å². The van der Waals surface area contributed by atoms with Gasteiger partial charge in [0.2, 0.25) is 29.5 Å². The second kappa shape index (κ2) is 58.8. The Hall–Kier alpha value is -7.00. The second-order valence-electron chi connectivity index (χ2n) is 27.9. The Balaban J connectivity index is 0.00000333. The molecule has 1 aromatic carbocycles. The quantitative estimate of drug-likeness (QED) is 0.0254. The van der Waals surface area contributed by atoms with Gasteiger partial charge in [-0.15, -0.1) is 0 Å². The first kappa shape index (κ1) is 104. The first-order chi connectivity index (χ1) is 52.6. The molecule has 1 saturated heterocycles. The van der Waals surface area contributed by atoms with Crippen LogP contribution in [0.1, 0.15) is 153 Å². The molecular weight excluding hydrogens is 1460 g/mol. The van der Waals surface area contributed by atoms with Crippen molar-refractivity contribution in [1.29, 1.82) is 0 Å². The van der Waals surface area contributed by atoms with Crippen LogP contribution in [-0.4, -0.2) is 314 Å². The molecule has 0 aliphatic carbocycles. The number of ether oxygens (including phenoxy) is 12. The molecular formula is C76H136N8O27. The molecule has 1 fully saturated rings. The summed E-state index contributed by atoms with van der Waals surface area (Å²) in [6, 6.07) is 5.87. The van der Waals surface area contributed by atoms with Gasteiger partial charge in [-0.1, -0.05) is 106 Å². The number of carbonyl (C=O) groups excluding carboxylic acids is 9. The second-order valence-corrected chi connectivity index (χ2v) is 27.9. The van der Waals surface area contributed by atoms with E-state index in [-0.39, 0.29) is 139 Å². The maximum atomic E-state index is 14.5. The van der Waals surface area contributed by atoms with Gasteiger partial charge >= 0.3 is 30.1 Å². The van der Waals surface area contributed by atoms with Gasteiger partial charge in [-0.25, -0.2) is 14.4 Å². The first-order valence-corrected chi connectivity index (χ1v) is 38.2. The molecule has 1 aliphatic rings. The number of hydrogen-bond acceptors (Lipinski definition) is 27. The number of rotatable bonds is 53. The van der Waals surface area contributed by atoms with Crippen molar-refractivity contribution in [3.63, 3.8) is 0 Å². The molecule has 1 heterocycles. The van der Waals surface area contributed by atoms with Crippen LogP contribution in [0.15, 0.2) is 30.3 Å². The molecule has 7 amide bonds. The zero-order valence-electron chi connectivity index (χ0n) is 69.3. The Morgan fingerprint density at radius 1 is 0.586 bits per heavy atom. The van der Waals surface area contributed by atoms with E-state index in [1.807, 2.05) is 112 Å². The number of carbonyl (C=O) groups is 10. The molecule has 0 saturated carbocycles. The summed E-state index contributed by atoms with van der Waals surface area (Å²) in [6.45, 7) is 21.2. The van der Waals surface area contributed by atoms with Gasteiger partial charge < -0.3 is 119 Å². The van der Waals surface area contributed by atoms with Gasteiger partial charge in [0.25, 0.3) is 0 Å². The summed E-state index contributed by atoms with van der Waals surface area (Å²) in [5.41, 5.74) is 0.790. The van der Waals surface area contributed by atoms with E-state index >= 15 is 0 Å². The lowest BCUT2D eigenvalue weighted by Gasteiger charge is -2.41. The van der Waals surface area contributed by atoms with Crippen LogP contribution in [0.3, 0.4) is 0 Å². The summed E-state index contributed by atoms with van der Waals surface area (Å²) in [7, 11) is 12.6. The number of carboxylic acid groups (broad SMARTS) is 1. The third-order valence-corrected chi connectivity index (χ3v) is 18.5. The predicted molar refractivity (Wildman–Crippen MR) is 408 cm³/mol. The molecule has 0 spiro atoms. The van der Waals surface area contributed by atoms with E-state index in [0.717, 1.165) is 5.56 Å². The Morgan fingerprint density at radius 3 is 1.55 bits per heavy atom. The fraction of sp³-hybridized carbons (Fsp3) is 0.789. The van der Waals surface area contributed by atoms with Crippen molar-refractivity contribution in [2.45, 2.75) is 246 Å². The van der Waals surface area contributed by atoms with E-state index in [1.165, 1.54) is 42.5 Å². The molecule has 35 heteroatoms. The molecule has 10 N–H and O–H groups in total. The van der Waals surface area contributed by atoms with Gasteiger partial charge in [0.15, 0.2) is 25.0 Å². The number of benzene rings is 1. The minimum atomic E-state index is -1.28. The first-order valence-electron chi connectivity index (χ1n) is 38.2. The number of likely N-dealkylation sites (tertiary alicyclic amines) is 1. The molecule has 1 aliphatic heterocycles. The number of methoxy groups -OCH3 is 5. The number of likely N-dealkylation sites (N-methyl/N-ethyl adjacent to an activating group) is 2. The third-order valence-electron chi connectivity index (χ3n) is 18.5. The molecule has 6 unspecified atom stereocenters. The van der Waals surface area contributed by atoms with Crippen molar-refractivity contribution in [3.8, 4) is 0 Å². The van der Waals surface area contributed by atoms with E-state index in [9.17, 15) is 53.1 Å². The number of amides is 7. The van der Waals surface area contributed by atoms with Crippen molar-refractivity contribution in [3.05, 3.63) is 35.9 Å². The Labute approximate surface area is 656 Å². The molecule has 17 atom stereocenters. The van der Waals surface area contributed by atoms with Crippen molar-refractivity contribution in [2.24, 2.45) is 23.7 Å². The molecule has 0 aromatic heterocycles. The van der Waals surface area contributed by atoms with Crippen LogP contribution in [0, 0.1) is 23.7 Å². The molecule has 0 radical (unpaired) electrons. The minimum absolute atomic E-state index is 0.00166. The topological polar surface area (TPSA) is 452 Å². The highest BCUT2D eigenvalue weighted by Gasteiger charge is 2.44. The summed E-state index contributed by atoms with van der Waals surface area (Å²) in [6.07, 6.45) is -4.92. The lowest BCUT2D eigenvalue weighted by Crippen LogP contribution is -2.59. The molecule has 2 rings (SSSR count). The number of nitrogens with zero attached hydrogens (tertiary/aromatic N) is 3. The molecule has 35 nitrogen and oxygen atoms in total. The fourth-order valence-electron chi connectivity index (χ4n) is 11.8. The van der Waals surface area contributed by atoms with Crippen molar-refractivity contribution in [1.82, 2.24) is 41.3 Å². The highest BCUT2D eigenvalue weighted by molar-refractivity contribution is 5.91. The Kier molecular flexibility index (Phi) is 55.1. The number of alkyl carbamates (subject to hydrolysis) is 2. The maximum absolute atomic E-state index is 14.5. The summed E-state index contributed by atoms with van der Waals surface area (Å²) in [5, 5.41) is 57.5. The molecule has 1 aromatic rings. The van der Waals surface area contributed by atoms with Crippen LogP contribution in [0.2, 0.25) is 0 Å². The number of nitrogens with one attached hydrogen (secondary N) is 5. The van der Waals surface area contributed by atoms with Crippen molar-refractivity contribution >= 4 is 59.6 Å². The van der Waals surface area contributed by atoms with Crippen LogP contribution >= 0.6 is 0 Å². The van der Waals surface area contributed by atoms with Crippen LogP contribution in [0.25, 0.3) is 0 Å². The van der Waals surface area contributed by atoms with Gasteiger partial charge in [0.05, 0.1) is 100 Å². The number of carboxylic acids is 1. The summed E-state index contributed by atoms with van der Waals surface area (Å²) in [5.74, 6) is -5.44. The maximum Gasteiger partial charge on any atom is 0.407 e. The van der Waals surface area contributed by atoms with Crippen LogP contribution < -0.4 is 26.6 Å². The van der Waals surface area contributed by atoms with Crippen LogP contribution in [0.5, 0.6) is 0 Å². The average Bonchev–Trinajstić information content (AvgIpc) is 1.80. The lowest BCUT2D eigenvalue weighted by atomic mass is 9.89. The number of aliphatic hydroxyl groups excluding tert-OH is 4. The van der Waals surface area contributed by atoms with E-state index in [0.29, 0.717) is 45.1 Å². The SMILES string of the molecule is CCC(CO)OC(CO)OC.CCC(CO)OC(COC(=O)NCCC(=O)O)OC.CCC(CO)OC(COC(=O)NCCC(=O)O[C@@H](C)C(=O)O[C@@H](C)CCNC(=O)[C@H](Cc1ccccc1)NC(=O)[C@H](C)[C@@H](OC)[C@@H]1CCCN1C(=O)C[C@@H](OC)[C@H]([C@@H](C)CC)N(C)C(=O)[C@@H](NC(=O)[C@H](C(C)C)N(C)C)C(C)C)OC. The number of esters is 2. The summed E-state index contributed by atoms with van der Waals surface area (Å²) in [4.78, 5) is 135. The molecule has 642 valence electrons. The van der Waals surface area contributed by atoms with Gasteiger partial charge in [-0.2, -0.15) is 0 Å². The predicted octanol–water partition coefficient (Wildman–Crippen LogP) is 3.29. The highest BCUT2D eigenvalue weighted by Crippen LogP contribution is 2.30. The zero-order valence-corrected chi connectivity index (χ0v) is 69.3. The third kappa shape index (κ3) is 40.5. The number of aliphatic hydroxyl groups is 4. The van der Waals surface area contributed by atoms with Crippen LogP contribution in [-0.2, 0) is 102 Å². The van der Waals surface area contributed by atoms with Gasteiger partial charge in [-0.3, -0.25) is 38.5 Å². The average molecular weight is 1590 g/mol. The summed E-state index contributed by atoms with van der Waals surface area (Å²) >= 11 is 0. The Morgan fingerprint density at radius 2 is 1.11 bits per heavy atom. The smallest absolute Gasteiger partial charge is 0.407 e. The highest BCUT2D eigenvalue weighted by atomic mass is 16.7. The van der Waals surface area contributed by atoms with Gasteiger partial charge in [0.1, 0.15) is 31.4 Å². The fourth-order valence-corrected chi connectivity index (χ4v) is 11.8. The van der Waals surface area contributed by atoms with Crippen LogP contribution in [0.4, 0.5) is 9.59 Å². The van der Waals surface area contributed by atoms with E-state index in [4.69, 9.17) is 77.3 Å². The van der Waals surface area contributed by atoms with Crippen molar-refractivity contribution < 1.29 is 130 Å². The van der Waals surface area contributed by atoms with Gasteiger partial charge in [-0.05, 0) is 83.4 Å². The van der Waals surface area contributed by atoms with E-state index in [1.54, 1.807) is 30.7 Å². The molecule has 0 bridgehead atoms. The Bertz CT molecular complexity index is 2760. The zero-order chi connectivity index (χ0) is 84.5. The summed E-state index contributed by atoms with van der Waals surface area (Å²) < 4.78 is 63.4. The molecule has 111 heavy (non-hydrogen) atoms. The largest absolute Gasteiger partial charge is 0.481 e. The monoisotopic (exact) mass is 1590 g/mol. The normalized spacial score (nSPS) is 17.1. The minimum Gasteiger partial charge on any atom is -0.481 e. The standard InChI is InChI=1S/C58H99N7O16.C11H21NO7.C7H16O4/c1-17-37(7)51(64(13)56(72)49(35(3)4)62-55(71)50(36(5)6)63(11)12)45(75-14)32-46(67)65-30-22-25-44(65)52(77-16)39(9)53(69)61-43(31-41-23-20-19-21-24-41)54(70)59-28-26-38(8)79-57(73)40(10)80-47(68)27-29-60-58(74)78-34-48(76-15)81-42(18-2)33-66;1-3-8(6-13)19-10(17-2)7-18-11(16)12-5-4-9(14)15;1-3-6(4-8)11-7(5-9)10-2/h19-21,23-24,35-40,42-45,48-52,66H,17-18,22,25-34H2,1-16H3,(H,59,70)(H,60,74)(H,61,69)(H,62,71);8,10,13H,3-7H2,1-2H3,(H,12,16)(H,14,15);6-9H,3-5H2,1-2H3/t37-,38-,39+,40-,42?,43-,44-,45+,48?,49-,50-,51-,52+;;/m0../s1. The van der Waals surface area contributed by atoms with E-state index < -0.39 is 127 Å². The number of hydrogen-bond donors (Lipinski definition) is 10. The number of aliphatic carboxylic acids is 1. The van der Waals surface area contributed by atoms with Gasteiger partial charge in [0, 0.05) is 81.6 Å².